The van der Waals surface area contributed by atoms with Crippen LogP contribution in [0, 0.1) is 0 Å². The number of halogens is 1. The summed E-state index contributed by atoms with van der Waals surface area (Å²) in [6, 6.07) is 1.81. The lowest BCUT2D eigenvalue weighted by molar-refractivity contribution is 0.0471. The quantitative estimate of drug-likeness (QED) is 0.822. The van der Waals surface area contributed by atoms with E-state index in [-0.39, 0.29) is 0 Å². The Hall–Kier alpha value is -1.88. The monoisotopic (exact) mass is 349 g/mol. The molecule has 2 heterocycles. The molecule has 1 amide bonds. The van der Waals surface area contributed by atoms with Gasteiger partial charge in [0.25, 0.3) is 0 Å². The van der Waals surface area contributed by atoms with E-state index in [9.17, 15) is 4.79 Å². The van der Waals surface area contributed by atoms with Gasteiger partial charge in [-0.25, -0.2) is 9.78 Å². The number of nitrogens with zero attached hydrogens (tertiary/aromatic N) is 2. The first-order valence-corrected chi connectivity index (χ1v) is 8.36. The fourth-order valence-corrected chi connectivity index (χ4v) is 2.73. The molecule has 6 heteroatoms. The molecule has 2 rings (SSSR count). The molecule has 0 atom stereocenters. The maximum absolute atomic E-state index is 12.2. The number of aryl methyl sites for hydroxylation is 1. The molecule has 0 radical (unpaired) electrons. The first-order chi connectivity index (χ1) is 11.0. The van der Waals surface area contributed by atoms with Crippen molar-refractivity contribution in [2.75, 3.05) is 0 Å². The normalized spacial score (nSPS) is 12.3. The van der Waals surface area contributed by atoms with Gasteiger partial charge in [0.2, 0.25) is 0 Å². The third kappa shape index (κ3) is 4.15. The summed E-state index contributed by atoms with van der Waals surface area (Å²) < 4.78 is 5.37. The van der Waals surface area contributed by atoms with Gasteiger partial charge < -0.3 is 10.1 Å². The van der Waals surface area contributed by atoms with Crippen molar-refractivity contribution in [3.05, 3.63) is 34.9 Å². The van der Waals surface area contributed by atoms with Crippen LogP contribution in [0.15, 0.2) is 18.5 Å². The van der Waals surface area contributed by atoms with Crippen LogP contribution >= 0.6 is 11.6 Å². The summed E-state index contributed by atoms with van der Waals surface area (Å²) in [6.45, 7) is 11.4. The number of alkyl carbamates (subject to hydrolysis) is 1. The molecule has 2 aromatic rings. The summed E-state index contributed by atoms with van der Waals surface area (Å²) in [7, 11) is 0. The third-order valence-electron chi connectivity index (χ3n) is 3.64. The molecular weight excluding hydrogens is 326 g/mol. The first-order valence-electron chi connectivity index (χ1n) is 7.98. The lowest BCUT2D eigenvalue weighted by Gasteiger charge is -2.30. The fourth-order valence-electron chi connectivity index (χ4n) is 2.57. The van der Waals surface area contributed by atoms with Gasteiger partial charge in [0, 0.05) is 29.0 Å². The van der Waals surface area contributed by atoms with Gasteiger partial charge in [-0.05, 0) is 52.5 Å². The Morgan fingerprint density at radius 3 is 2.42 bits per heavy atom. The number of carbonyl (C=O) groups is 1. The number of hydrogen-bond donors (Lipinski definition) is 1. The number of hydrogen-bond acceptors (Lipinski definition) is 4. The molecule has 0 aliphatic heterocycles. The first kappa shape index (κ1) is 18.5. The number of rotatable bonds is 3. The Labute approximate surface area is 147 Å². The van der Waals surface area contributed by atoms with Crippen molar-refractivity contribution >= 4 is 28.5 Å². The van der Waals surface area contributed by atoms with Crippen LogP contribution in [0.5, 0.6) is 0 Å². The van der Waals surface area contributed by atoms with Gasteiger partial charge in [0.05, 0.1) is 5.54 Å². The predicted octanol–water partition coefficient (Wildman–Crippen LogP) is 4.61. The highest BCUT2D eigenvalue weighted by molar-refractivity contribution is 6.30. The molecule has 0 bridgehead atoms. The van der Waals surface area contributed by atoms with Crippen molar-refractivity contribution in [2.45, 2.75) is 59.1 Å². The van der Waals surface area contributed by atoms with Crippen molar-refractivity contribution < 1.29 is 9.53 Å². The van der Waals surface area contributed by atoms with Gasteiger partial charge in [-0.1, -0.05) is 18.5 Å². The van der Waals surface area contributed by atoms with Gasteiger partial charge in [-0.3, -0.25) is 4.98 Å². The molecule has 1 N–H and O–H groups in total. The Bertz CT molecular complexity index is 767. The molecule has 0 aromatic carbocycles. The number of pyridine rings is 2. The second-order valence-electron chi connectivity index (χ2n) is 7.28. The molecule has 0 saturated carbocycles. The number of amides is 1. The second kappa shape index (κ2) is 6.55. The lowest BCUT2D eigenvalue weighted by Crippen LogP contribution is -2.44. The van der Waals surface area contributed by atoms with E-state index in [1.807, 2.05) is 47.6 Å². The minimum Gasteiger partial charge on any atom is -0.444 e. The Morgan fingerprint density at radius 1 is 1.17 bits per heavy atom. The van der Waals surface area contributed by atoms with Crippen LogP contribution in [-0.2, 0) is 16.7 Å². The van der Waals surface area contributed by atoms with E-state index in [1.165, 1.54) is 0 Å². The van der Waals surface area contributed by atoms with Crippen LogP contribution in [0.1, 0.15) is 52.8 Å². The van der Waals surface area contributed by atoms with E-state index >= 15 is 0 Å². The largest absolute Gasteiger partial charge is 0.444 e. The average molecular weight is 350 g/mol. The molecule has 0 aliphatic rings. The summed E-state index contributed by atoms with van der Waals surface area (Å²) in [4.78, 5) is 20.9. The molecule has 0 spiro atoms. The summed E-state index contributed by atoms with van der Waals surface area (Å²) in [5.74, 6) is 0. The zero-order valence-corrected chi connectivity index (χ0v) is 15.8. The van der Waals surface area contributed by atoms with Crippen LogP contribution in [0.25, 0.3) is 10.8 Å². The molecule has 0 aliphatic carbocycles. The molecule has 0 fully saturated rings. The maximum Gasteiger partial charge on any atom is 0.408 e. The zero-order chi connectivity index (χ0) is 18.1. The minimum atomic E-state index is -0.676. The number of carbonyl (C=O) groups excluding carboxylic acids is 1. The van der Waals surface area contributed by atoms with Gasteiger partial charge >= 0.3 is 6.09 Å². The van der Waals surface area contributed by atoms with Crippen LogP contribution in [0.3, 0.4) is 0 Å². The maximum atomic E-state index is 12.2. The average Bonchev–Trinajstić information content (AvgIpc) is 2.42. The Morgan fingerprint density at radius 2 is 1.83 bits per heavy atom. The van der Waals surface area contributed by atoms with Crippen LogP contribution in [0.2, 0.25) is 5.15 Å². The van der Waals surface area contributed by atoms with Crippen molar-refractivity contribution in [3.8, 4) is 0 Å². The van der Waals surface area contributed by atoms with Crippen molar-refractivity contribution in [1.29, 1.82) is 0 Å². The van der Waals surface area contributed by atoms with E-state index in [0.29, 0.717) is 5.15 Å². The van der Waals surface area contributed by atoms with Crippen molar-refractivity contribution in [2.24, 2.45) is 0 Å². The summed E-state index contributed by atoms with van der Waals surface area (Å²) in [6.07, 6.45) is 3.84. The molecule has 2 aromatic heterocycles. The number of nitrogens with one attached hydrogen (secondary N) is 1. The SMILES string of the molecule is CCc1ncc(C(C)(C)NC(=O)OC(C)(C)C)c2cc(Cl)ncc12. The number of fused-ring (bicyclic) bond motifs is 1. The minimum absolute atomic E-state index is 0.407. The van der Waals surface area contributed by atoms with E-state index in [4.69, 9.17) is 16.3 Å². The summed E-state index contributed by atoms with van der Waals surface area (Å²) in [5, 5.41) is 5.20. The van der Waals surface area contributed by atoms with Gasteiger partial charge in [-0.2, -0.15) is 0 Å². The smallest absolute Gasteiger partial charge is 0.408 e. The van der Waals surface area contributed by atoms with Crippen LogP contribution < -0.4 is 5.32 Å². The van der Waals surface area contributed by atoms with Gasteiger partial charge in [0.1, 0.15) is 10.8 Å². The Balaban J connectivity index is 2.46. The van der Waals surface area contributed by atoms with Gasteiger partial charge in [0.15, 0.2) is 0 Å². The fraction of sp³-hybridized carbons (Fsp3) is 0.500. The van der Waals surface area contributed by atoms with E-state index in [2.05, 4.69) is 15.3 Å². The molecule has 0 saturated heterocycles. The van der Waals surface area contributed by atoms with Crippen molar-refractivity contribution in [3.63, 3.8) is 0 Å². The lowest BCUT2D eigenvalue weighted by atomic mass is 9.91. The van der Waals surface area contributed by atoms with E-state index < -0.39 is 17.2 Å². The van der Waals surface area contributed by atoms with Crippen LogP contribution in [0.4, 0.5) is 4.79 Å². The third-order valence-corrected chi connectivity index (χ3v) is 3.85. The number of ether oxygens (including phenoxy) is 1. The molecule has 0 unspecified atom stereocenters. The second-order valence-corrected chi connectivity index (χ2v) is 7.66. The topological polar surface area (TPSA) is 64.1 Å². The highest BCUT2D eigenvalue weighted by atomic mass is 35.5. The van der Waals surface area contributed by atoms with E-state index in [1.54, 1.807) is 12.4 Å². The molecule has 130 valence electrons. The zero-order valence-electron chi connectivity index (χ0n) is 15.0. The molecular formula is C18H24ClN3O2. The van der Waals surface area contributed by atoms with Gasteiger partial charge in [-0.15, -0.1) is 0 Å². The highest BCUT2D eigenvalue weighted by Gasteiger charge is 2.28. The summed E-state index contributed by atoms with van der Waals surface area (Å²) in [5.41, 5.74) is 0.584. The van der Waals surface area contributed by atoms with E-state index in [0.717, 1.165) is 28.5 Å². The highest BCUT2D eigenvalue weighted by Crippen LogP contribution is 2.31. The molecule has 24 heavy (non-hydrogen) atoms. The summed E-state index contributed by atoms with van der Waals surface area (Å²) >= 11 is 6.09. The standard InChI is InChI=1S/C18H24ClN3O2/c1-7-14-12-9-21-15(19)8-11(12)13(10-20-14)18(5,6)22-16(23)24-17(2,3)4/h8-10H,7H2,1-6H3,(H,22,23). The molecule has 5 nitrogen and oxygen atoms in total. The number of aromatic nitrogens is 2. The van der Waals surface area contributed by atoms with Crippen molar-refractivity contribution in [1.82, 2.24) is 15.3 Å². The Kier molecular flexibility index (Phi) is 5.04. The van der Waals surface area contributed by atoms with Crippen LogP contribution in [-0.4, -0.2) is 21.7 Å². The predicted molar refractivity (Wildman–Crippen MR) is 96.3 cm³/mol.